The molecule has 8 nitrogen and oxygen atoms in total. The number of aromatic nitrogens is 4. The first-order valence-electron chi connectivity index (χ1n) is 10.5. The Morgan fingerprint density at radius 2 is 2.00 bits per heavy atom. The molecule has 0 spiro atoms. The molecule has 8 heteroatoms. The Kier molecular flexibility index (Phi) is 5.48. The number of carbonyl (C=O) groups excluding carboxylic acids is 1. The number of nitrogens with zero attached hydrogens (tertiary/aromatic N) is 2. The third-order valence-corrected chi connectivity index (χ3v) is 5.89. The topological polar surface area (TPSA) is 116 Å². The zero-order chi connectivity index (χ0) is 19.7. The summed E-state index contributed by atoms with van der Waals surface area (Å²) < 4.78 is 0. The van der Waals surface area contributed by atoms with Crippen LogP contribution in [0.2, 0.25) is 0 Å². The molecule has 152 valence electrons. The van der Waals surface area contributed by atoms with Crippen LogP contribution in [0.5, 0.6) is 0 Å². The van der Waals surface area contributed by atoms with E-state index in [0.717, 1.165) is 31.4 Å². The van der Waals surface area contributed by atoms with Crippen LogP contribution < -0.4 is 16.2 Å². The normalized spacial score (nSPS) is 22.7. The van der Waals surface area contributed by atoms with Crippen molar-refractivity contribution in [2.45, 2.75) is 76.8 Å². The van der Waals surface area contributed by atoms with Crippen molar-refractivity contribution in [2.24, 2.45) is 5.92 Å². The van der Waals surface area contributed by atoms with Crippen molar-refractivity contribution in [3.8, 4) is 0 Å². The van der Waals surface area contributed by atoms with Gasteiger partial charge in [0.05, 0.1) is 12.2 Å². The molecular weight excluding hydrogens is 356 g/mol. The largest absolute Gasteiger partial charge is 0.352 e. The summed E-state index contributed by atoms with van der Waals surface area (Å²) in [4.78, 5) is 32.4. The van der Waals surface area contributed by atoms with Gasteiger partial charge in [-0.15, -0.1) is 0 Å². The molecular formula is C20H30N6O2. The van der Waals surface area contributed by atoms with Gasteiger partial charge < -0.3 is 15.6 Å². The van der Waals surface area contributed by atoms with E-state index < -0.39 is 0 Å². The number of nitrogens with one attached hydrogen (secondary N) is 4. The minimum absolute atomic E-state index is 0.0673. The lowest BCUT2D eigenvalue weighted by atomic mass is 9.82. The Morgan fingerprint density at radius 3 is 2.75 bits per heavy atom. The minimum atomic E-state index is -0.176. The highest BCUT2D eigenvalue weighted by molar-refractivity contribution is 5.78. The molecule has 0 radical (unpaired) electrons. The summed E-state index contributed by atoms with van der Waals surface area (Å²) in [7, 11) is 0. The van der Waals surface area contributed by atoms with Gasteiger partial charge in [-0.2, -0.15) is 5.10 Å². The van der Waals surface area contributed by atoms with E-state index in [1.807, 2.05) is 13.8 Å². The molecule has 2 saturated carbocycles. The van der Waals surface area contributed by atoms with Gasteiger partial charge in [-0.3, -0.25) is 14.7 Å². The fourth-order valence-electron chi connectivity index (χ4n) is 4.15. The quantitative estimate of drug-likeness (QED) is 0.578. The molecule has 2 atom stereocenters. The first-order chi connectivity index (χ1) is 13.5. The van der Waals surface area contributed by atoms with Crippen molar-refractivity contribution in [3.63, 3.8) is 0 Å². The summed E-state index contributed by atoms with van der Waals surface area (Å²) >= 11 is 0. The molecule has 4 rings (SSSR count). The molecule has 28 heavy (non-hydrogen) atoms. The number of amides is 1. The Labute approximate surface area is 164 Å². The summed E-state index contributed by atoms with van der Waals surface area (Å²) in [6, 6.07) is 0.663. The molecule has 2 heterocycles. The predicted molar refractivity (Wildman–Crippen MR) is 107 cm³/mol. The molecule has 2 aliphatic carbocycles. The van der Waals surface area contributed by atoms with Crippen LogP contribution in [-0.2, 0) is 11.2 Å². The number of rotatable bonds is 7. The van der Waals surface area contributed by atoms with Gasteiger partial charge in [-0.1, -0.05) is 26.7 Å². The second-order valence-corrected chi connectivity index (χ2v) is 8.58. The van der Waals surface area contributed by atoms with Crippen LogP contribution in [0.25, 0.3) is 11.0 Å². The second kappa shape index (κ2) is 8.03. The van der Waals surface area contributed by atoms with Gasteiger partial charge in [-0.05, 0) is 37.5 Å². The number of carbonyl (C=O) groups is 1. The molecule has 2 aliphatic rings. The van der Waals surface area contributed by atoms with E-state index in [1.54, 1.807) is 0 Å². The highest BCUT2D eigenvalue weighted by Gasteiger charge is 2.28. The fourth-order valence-corrected chi connectivity index (χ4v) is 4.15. The summed E-state index contributed by atoms with van der Waals surface area (Å²) in [5, 5.41) is 13.6. The van der Waals surface area contributed by atoms with Crippen LogP contribution in [0.4, 0.5) is 0 Å². The zero-order valence-corrected chi connectivity index (χ0v) is 16.7. The standard InChI is InChI=1S/C20H30N6O2/c1-11(2)17-18-19(26-25-17)20(28)24-15(23-18)9-12-5-3-4-6-14(12)22-16(27)10-21-13-7-8-13/h11-14,21H,3-10H2,1-2H3,(H,22,27)(H,25,26)(H,23,24,28)/t12-,14+/m0/s1. The molecule has 2 aromatic rings. The summed E-state index contributed by atoms with van der Waals surface area (Å²) in [6.45, 7) is 4.47. The molecule has 2 fully saturated rings. The van der Waals surface area contributed by atoms with Crippen molar-refractivity contribution in [2.75, 3.05) is 6.54 Å². The SMILES string of the molecule is CC(C)c1n[nH]c2c(=O)[nH]c(C[C@@H]3CCCC[C@H]3NC(=O)CNC3CC3)nc12. The van der Waals surface area contributed by atoms with Gasteiger partial charge in [0.15, 0.2) is 0 Å². The van der Waals surface area contributed by atoms with Crippen LogP contribution in [-0.4, -0.2) is 44.7 Å². The van der Waals surface area contributed by atoms with E-state index >= 15 is 0 Å². The summed E-state index contributed by atoms with van der Waals surface area (Å²) in [5.41, 5.74) is 1.75. The van der Waals surface area contributed by atoms with E-state index in [9.17, 15) is 9.59 Å². The van der Waals surface area contributed by atoms with Gasteiger partial charge in [0, 0.05) is 18.5 Å². The Hall–Kier alpha value is -2.22. The van der Waals surface area contributed by atoms with Crippen molar-refractivity contribution in [3.05, 3.63) is 21.9 Å². The number of H-pyrrole nitrogens is 2. The first kappa shape index (κ1) is 19.1. The Morgan fingerprint density at radius 1 is 1.21 bits per heavy atom. The Balaban J connectivity index is 1.48. The number of hydrogen-bond donors (Lipinski definition) is 4. The Bertz CT molecular complexity index is 898. The first-order valence-corrected chi connectivity index (χ1v) is 10.5. The summed E-state index contributed by atoms with van der Waals surface area (Å²) in [5.74, 6) is 1.23. The molecule has 0 aromatic carbocycles. The van der Waals surface area contributed by atoms with Crippen LogP contribution >= 0.6 is 0 Å². The van der Waals surface area contributed by atoms with E-state index in [4.69, 9.17) is 4.98 Å². The second-order valence-electron chi connectivity index (χ2n) is 8.58. The van der Waals surface area contributed by atoms with Gasteiger partial charge in [0.1, 0.15) is 16.9 Å². The third-order valence-electron chi connectivity index (χ3n) is 5.89. The van der Waals surface area contributed by atoms with Gasteiger partial charge >= 0.3 is 0 Å². The molecule has 2 aromatic heterocycles. The highest BCUT2D eigenvalue weighted by Crippen LogP contribution is 2.27. The monoisotopic (exact) mass is 386 g/mol. The highest BCUT2D eigenvalue weighted by atomic mass is 16.2. The van der Waals surface area contributed by atoms with Crippen LogP contribution in [0.3, 0.4) is 0 Å². The average Bonchev–Trinajstić information content (AvgIpc) is 3.38. The van der Waals surface area contributed by atoms with Crippen molar-refractivity contribution < 1.29 is 4.79 Å². The van der Waals surface area contributed by atoms with E-state index in [1.165, 1.54) is 12.8 Å². The fraction of sp³-hybridized carbons (Fsp3) is 0.700. The lowest BCUT2D eigenvalue weighted by molar-refractivity contribution is -0.121. The number of fused-ring (bicyclic) bond motifs is 1. The smallest absolute Gasteiger partial charge is 0.276 e. The van der Waals surface area contributed by atoms with E-state index in [0.29, 0.717) is 35.9 Å². The number of hydrogen-bond acceptors (Lipinski definition) is 5. The summed E-state index contributed by atoms with van der Waals surface area (Å²) in [6.07, 6.45) is 7.29. The van der Waals surface area contributed by atoms with Crippen LogP contribution in [0.15, 0.2) is 4.79 Å². The molecule has 0 bridgehead atoms. The van der Waals surface area contributed by atoms with Gasteiger partial charge in [0.2, 0.25) is 5.91 Å². The van der Waals surface area contributed by atoms with E-state index in [-0.39, 0.29) is 29.3 Å². The lowest BCUT2D eigenvalue weighted by Crippen LogP contribution is -2.46. The zero-order valence-electron chi connectivity index (χ0n) is 16.7. The van der Waals surface area contributed by atoms with Crippen molar-refractivity contribution in [1.82, 2.24) is 30.8 Å². The molecule has 0 aliphatic heterocycles. The average molecular weight is 387 g/mol. The predicted octanol–water partition coefficient (Wildman–Crippen LogP) is 1.74. The minimum Gasteiger partial charge on any atom is -0.352 e. The van der Waals surface area contributed by atoms with Crippen molar-refractivity contribution in [1.29, 1.82) is 0 Å². The molecule has 0 saturated heterocycles. The maximum absolute atomic E-state index is 12.4. The molecule has 0 unspecified atom stereocenters. The maximum Gasteiger partial charge on any atom is 0.276 e. The number of aromatic amines is 2. The van der Waals surface area contributed by atoms with Crippen LogP contribution in [0.1, 0.15) is 69.8 Å². The van der Waals surface area contributed by atoms with Gasteiger partial charge in [-0.25, -0.2) is 4.98 Å². The van der Waals surface area contributed by atoms with E-state index in [2.05, 4.69) is 25.8 Å². The third kappa shape index (κ3) is 4.27. The van der Waals surface area contributed by atoms with Crippen LogP contribution in [0, 0.1) is 5.92 Å². The maximum atomic E-state index is 12.4. The molecule has 1 amide bonds. The molecule has 4 N–H and O–H groups in total. The van der Waals surface area contributed by atoms with Crippen molar-refractivity contribution >= 4 is 16.9 Å². The van der Waals surface area contributed by atoms with Gasteiger partial charge in [0.25, 0.3) is 5.56 Å². The lowest BCUT2D eigenvalue weighted by Gasteiger charge is -2.32.